The number of aromatic nitrogens is 2. The first kappa shape index (κ1) is 12.1. The second-order valence-corrected chi connectivity index (χ2v) is 4.67. The number of hydrogen-bond donors (Lipinski definition) is 1. The molecule has 1 heterocycles. The Hall–Kier alpha value is -1.39. The van der Waals surface area contributed by atoms with Crippen LogP contribution in [-0.4, -0.2) is 14.8 Å². The molecule has 2 rings (SSSR count). The zero-order valence-corrected chi connectivity index (χ0v) is 10.9. The van der Waals surface area contributed by atoms with E-state index in [1.807, 2.05) is 36.0 Å². The van der Waals surface area contributed by atoms with Crippen LogP contribution in [-0.2, 0) is 6.54 Å². The molecule has 3 nitrogen and oxygen atoms in total. The van der Waals surface area contributed by atoms with Gasteiger partial charge in [0.1, 0.15) is 4.99 Å². The van der Waals surface area contributed by atoms with Crippen LogP contribution in [0.1, 0.15) is 16.8 Å². The van der Waals surface area contributed by atoms with Crippen LogP contribution in [0.5, 0.6) is 0 Å². The largest absolute Gasteiger partial charge is 0.389 e. The van der Waals surface area contributed by atoms with E-state index in [9.17, 15) is 0 Å². The lowest BCUT2D eigenvalue weighted by atomic mass is 10.1. The Labute approximate surface area is 110 Å². The van der Waals surface area contributed by atoms with E-state index in [-0.39, 0.29) is 0 Å². The van der Waals surface area contributed by atoms with E-state index in [0.717, 1.165) is 16.8 Å². The summed E-state index contributed by atoms with van der Waals surface area (Å²) in [6, 6.07) is 7.54. The van der Waals surface area contributed by atoms with Gasteiger partial charge in [-0.15, -0.1) is 0 Å². The highest BCUT2D eigenvalue weighted by Crippen LogP contribution is 2.19. The maximum Gasteiger partial charge on any atom is 0.104 e. The third-order valence-corrected chi connectivity index (χ3v) is 3.03. The fraction of sp³-hybridized carbons (Fsp3) is 0.167. The molecule has 0 aliphatic heterocycles. The second kappa shape index (κ2) is 4.85. The highest BCUT2D eigenvalue weighted by atomic mass is 35.5. The first-order valence-electron chi connectivity index (χ1n) is 5.14. The topological polar surface area (TPSA) is 43.8 Å². The number of halogens is 1. The van der Waals surface area contributed by atoms with Crippen LogP contribution < -0.4 is 5.73 Å². The number of nitrogens with zero attached hydrogens (tertiary/aromatic N) is 2. The van der Waals surface area contributed by atoms with E-state index in [2.05, 4.69) is 5.10 Å². The van der Waals surface area contributed by atoms with Gasteiger partial charge in [-0.05, 0) is 24.6 Å². The van der Waals surface area contributed by atoms with Crippen molar-refractivity contribution in [3.63, 3.8) is 0 Å². The van der Waals surface area contributed by atoms with Gasteiger partial charge in [-0.3, -0.25) is 4.68 Å². The molecule has 0 spiro atoms. The van der Waals surface area contributed by atoms with E-state index in [4.69, 9.17) is 29.6 Å². The molecule has 0 radical (unpaired) electrons. The summed E-state index contributed by atoms with van der Waals surface area (Å²) in [5.41, 5.74) is 8.31. The second-order valence-electron chi connectivity index (χ2n) is 3.83. The number of thiocarbonyl (C=S) groups is 1. The van der Waals surface area contributed by atoms with E-state index < -0.39 is 0 Å². The van der Waals surface area contributed by atoms with E-state index >= 15 is 0 Å². The van der Waals surface area contributed by atoms with Crippen molar-refractivity contribution < 1.29 is 0 Å². The summed E-state index contributed by atoms with van der Waals surface area (Å²) < 4.78 is 1.84. The van der Waals surface area contributed by atoms with Crippen LogP contribution in [0, 0.1) is 6.92 Å². The predicted octanol–water partition coefficient (Wildman–Crippen LogP) is 2.53. The minimum Gasteiger partial charge on any atom is -0.389 e. The van der Waals surface area contributed by atoms with Crippen molar-refractivity contribution in [2.45, 2.75) is 13.5 Å². The van der Waals surface area contributed by atoms with Gasteiger partial charge in [-0.2, -0.15) is 5.10 Å². The monoisotopic (exact) mass is 265 g/mol. The van der Waals surface area contributed by atoms with Crippen molar-refractivity contribution in [1.82, 2.24) is 9.78 Å². The highest BCUT2D eigenvalue weighted by molar-refractivity contribution is 7.80. The molecule has 2 aromatic rings. The Morgan fingerprint density at radius 3 is 2.76 bits per heavy atom. The van der Waals surface area contributed by atoms with Gasteiger partial charge in [-0.1, -0.05) is 36.0 Å². The third kappa shape index (κ3) is 2.84. The molecule has 0 aliphatic rings. The van der Waals surface area contributed by atoms with Crippen molar-refractivity contribution in [2.75, 3.05) is 0 Å². The maximum atomic E-state index is 6.17. The summed E-state index contributed by atoms with van der Waals surface area (Å²) in [5, 5.41) is 4.97. The minimum absolute atomic E-state index is 0.355. The zero-order valence-electron chi connectivity index (χ0n) is 9.35. The normalized spacial score (nSPS) is 10.5. The molecule has 0 fully saturated rings. The number of rotatable bonds is 3. The van der Waals surface area contributed by atoms with Crippen molar-refractivity contribution in [3.8, 4) is 0 Å². The van der Waals surface area contributed by atoms with Gasteiger partial charge in [-0.25, -0.2) is 0 Å². The number of hydrogen-bond acceptors (Lipinski definition) is 2. The van der Waals surface area contributed by atoms with Crippen molar-refractivity contribution in [3.05, 3.63) is 52.3 Å². The van der Waals surface area contributed by atoms with Crippen LogP contribution in [0.3, 0.4) is 0 Å². The SMILES string of the molecule is Cc1ccn(Cc2ccc(C(N)=S)cc2Cl)n1. The Kier molecular flexibility index (Phi) is 3.45. The van der Waals surface area contributed by atoms with Crippen LogP contribution in [0.4, 0.5) is 0 Å². The minimum atomic E-state index is 0.355. The van der Waals surface area contributed by atoms with Gasteiger partial charge in [0.05, 0.1) is 12.2 Å². The summed E-state index contributed by atoms with van der Waals surface area (Å²) in [7, 11) is 0. The Bertz CT molecular complexity index is 563. The maximum absolute atomic E-state index is 6.17. The summed E-state index contributed by atoms with van der Waals surface area (Å²) in [6.07, 6.45) is 1.92. The average molecular weight is 266 g/mol. The van der Waals surface area contributed by atoms with Gasteiger partial charge in [0.25, 0.3) is 0 Å². The first-order chi connectivity index (χ1) is 8.06. The molecule has 5 heteroatoms. The average Bonchev–Trinajstić information content (AvgIpc) is 2.67. The van der Waals surface area contributed by atoms with E-state index in [0.29, 0.717) is 16.6 Å². The van der Waals surface area contributed by atoms with Crippen LogP contribution in [0.15, 0.2) is 30.5 Å². The number of benzene rings is 1. The zero-order chi connectivity index (χ0) is 12.4. The van der Waals surface area contributed by atoms with E-state index in [1.165, 1.54) is 0 Å². The highest BCUT2D eigenvalue weighted by Gasteiger charge is 2.05. The molecule has 1 aromatic carbocycles. The molecular formula is C12H12ClN3S. The molecule has 0 aliphatic carbocycles. The molecule has 0 unspecified atom stereocenters. The smallest absolute Gasteiger partial charge is 0.104 e. The standard InChI is InChI=1S/C12H12ClN3S/c1-8-4-5-16(15-8)7-10-3-2-9(12(14)17)6-11(10)13/h2-6H,7H2,1H3,(H2,14,17). The van der Waals surface area contributed by atoms with E-state index in [1.54, 1.807) is 6.07 Å². The lowest BCUT2D eigenvalue weighted by Crippen LogP contribution is -2.10. The lowest BCUT2D eigenvalue weighted by Gasteiger charge is -2.06. The first-order valence-corrected chi connectivity index (χ1v) is 5.93. The van der Waals surface area contributed by atoms with Crippen molar-refractivity contribution in [2.24, 2.45) is 5.73 Å². The number of nitrogens with two attached hydrogens (primary N) is 1. The summed E-state index contributed by atoms with van der Waals surface area (Å²) in [4.78, 5) is 0.355. The van der Waals surface area contributed by atoms with Crippen molar-refractivity contribution in [1.29, 1.82) is 0 Å². The van der Waals surface area contributed by atoms with Crippen LogP contribution >= 0.6 is 23.8 Å². The van der Waals surface area contributed by atoms with Gasteiger partial charge < -0.3 is 5.73 Å². The molecule has 1 aromatic heterocycles. The van der Waals surface area contributed by atoms with Gasteiger partial charge in [0.15, 0.2) is 0 Å². The van der Waals surface area contributed by atoms with Crippen LogP contribution in [0.2, 0.25) is 5.02 Å². The predicted molar refractivity (Wildman–Crippen MR) is 73.4 cm³/mol. The fourth-order valence-corrected chi connectivity index (χ4v) is 1.92. The molecule has 0 bridgehead atoms. The number of aryl methyl sites for hydroxylation is 1. The Balaban J connectivity index is 2.25. The molecule has 2 N–H and O–H groups in total. The van der Waals surface area contributed by atoms with Gasteiger partial charge in [0, 0.05) is 16.8 Å². The summed E-state index contributed by atoms with van der Waals surface area (Å²) >= 11 is 11.1. The van der Waals surface area contributed by atoms with Crippen molar-refractivity contribution >= 4 is 28.8 Å². The van der Waals surface area contributed by atoms with Gasteiger partial charge in [0.2, 0.25) is 0 Å². The van der Waals surface area contributed by atoms with Crippen LogP contribution in [0.25, 0.3) is 0 Å². The molecular weight excluding hydrogens is 254 g/mol. The molecule has 0 saturated carbocycles. The molecule has 0 saturated heterocycles. The Morgan fingerprint density at radius 2 is 2.24 bits per heavy atom. The molecule has 0 atom stereocenters. The molecule has 0 amide bonds. The quantitative estimate of drug-likeness (QED) is 0.868. The lowest BCUT2D eigenvalue weighted by molar-refractivity contribution is 0.679. The van der Waals surface area contributed by atoms with Gasteiger partial charge >= 0.3 is 0 Å². The fourth-order valence-electron chi connectivity index (χ4n) is 1.55. The Morgan fingerprint density at radius 1 is 1.47 bits per heavy atom. The summed E-state index contributed by atoms with van der Waals surface area (Å²) in [5.74, 6) is 0. The summed E-state index contributed by atoms with van der Waals surface area (Å²) in [6.45, 7) is 2.60. The molecule has 88 valence electrons. The third-order valence-electron chi connectivity index (χ3n) is 2.44. The molecule has 17 heavy (non-hydrogen) atoms.